The van der Waals surface area contributed by atoms with Gasteiger partial charge in [-0.2, -0.15) is 0 Å². The van der Waals surface area contributed by atoms with Crippen molar-refractivity contribution in [3.8, 4) is 0 Å². The summed E-state index contributed by atoms with van der Waals surface area (Å²) in [6, 6.07) is 3.60. The van der Waals surface area contributed by atoms with Crippen molar-refractivity contribution in [3.05, 3.63) is 22.8 Å². The lowest BCUT2D eigenvalue weighted by molar-refractivity contribution is -0.136. The maximum atomic E-state index is 10.5. The number of carboxylic acid groups (broad SMARTS) is 1. The zero-order valence-corrected chi connectivity index (χ0v) is 9.30. The summed E-state index contributed by atoms with van der Waals surface area (Å²) >= 11 is 4.51. The summed E-state index contributed by atoms with van der Waals surface area (Å²) in [5.41, 5.74) is 0. The molecule has 1 rings (SSSR count). The van der Waals surface area contributed by atoms with Gasteiger partial charge in [-0.25, -0.2) is 4.98 Å². The lowest BCUT2D eigenvalue weighted by Crippen LogP contribution is -2.11. The minimum Gasteiger partial charge on any atom is -0.480 e. The first-order valence-corrected chi connectivity index (χ1v) is 5.28. The SMILES string of the molecule is CC(Sc1cc(Br)ccn1)C(=O)O. The van der Waals surface area contributed by atoms with E-state index in [0.717, 1.165) is 4.47 Å². The van der Waals surface area contributed by atoms with Crippen LogP contribution >= 0.6 is 27.7 Å². The highest BCUT2D eigenvalue weighted by atomic mass is 79.9. The Morgan fingerprint density at radius 2 is 2.46 bits per heavy atom. The average Bonchev–Trinajstić information content (AvgIpc) is 2.04. The second-order valence-corrected chi connectivity index (χ2v) is 4.69. The Kier molecular flexibility index (Phi) is 3.74. The van der Waals surface area contributed by atoms with E-state index < -0.39 is 11.2 Å². The van der Waals surface area contributed by atoms with Gasteiger partial charge in [-0.3, -0.25) is 4.79 Å². The fraction of sp³-hybridized carbons (Fsp3) is 0.250. The normalized spacial score (nSPS) is 12.5. The summed E-state index contributed by atoms with van der Waals surface area (Å²) in [7, 11) is 0. The molecule has 3 nitrogen and oxygen atoms in total. The number of aromatic nitrogens is 1. The van der Waals surface area contributed by atoms with Crippen molar-refractivity contribution in [2.24, 2.45) is 0 Å². The van der Waals surface area contributed by atoms with Gasteiger partial charge >= 0.3 is 5.97 Å². The third-order valence-electron chi connectivity index (χ3n) is 1.34. The molecule has 0 amide bonds. The highest BCUT2D eigenvalue weighted by molar-refractivity contribution is 9.10. The van der Waals surface area contributed by atoms with Gasteiger partial charge in [-0.15, -0.1) is 0 Å². The molecule has 0 saturated heterocycles. The minimum absolute atomic E-state index is 0.471. The second-order valence-electron chi connectivity index (χ2n) is 2.41. The molecule has 0 spiro atoms. The summed E-state index contributed by atoms with van der Waals surface area (Å²) in [5, 5.41) is 8.89. The number of halogens is 1. The van der Waals surface area contributed by atoms with E-state index in [0.29, 0.717) is 5.03 Å². The third kappa shape index (κ3) is 3.36. The summed E-state index contributed by atoms with van der Waals surface area (Å²) in [6.45, 7) is 1.63. The van der Waals surface area contributed by atoms with Crippen LogP contribution in [0.15, 0.2) is 27.8 Å². The first kappa shape index (κ1) is 10.5. The topological polar surface area (TPSA) is 50.2 Å². The van der Waals surface area contributed by atoms with E-state index in [1.807, 2.05) is 0 Å². The van der Waals surface area contributed by atoms with Crippen LogP contribution in [0.4, 0.5) is 0 Å². The van der Waals surface area contributed by atoms with Gasteiger partial charge in [0.1, 0.15) is 5.25 Å². The van der Waals surface area contributed by atoms with Crippen LogP contribution in [0, 0.1) is 0 Å². The van der Waals surface area contributed by atoms with Crippen LogP contribution in [0.3, 0.4) is 0 Å². The first-order chi connectivity index (χ1) is 6.09. The number of hydrogen-bond acceptors (Lipinski definition) is 3. The van der Waals surface area contributed by atoms with Gasteiger partial charge in [0, 0.05) is 10.7 Å². The van der Waals surface area contributed by atoms with Crippen LogP contribution in [0.25, 0.3) is 0 Å². The van der Waals surface area contributed by atoms with Crippen LogP contribution in [0.2, 0.25) is 0 Å². The highest BCUT2D eigenvalue weighted by Gasteiger charge is 2.12. The molecule has 0 aliphatic heterocycles. The number of aliphatic carboxylic acids is 1. The maximum Gasteiger partial charge on any atom is 0.316 e. The van der Waals surface area contributed by atoms with E-state index in [-0.39, 0.29) is 0 Å². The average molecular weight is 262 g/mol. The van der Waals surface area contributed by atoms with Crippen LogP contribution in [-0.4, -0.2) is 21.3 Å². The van der Waals surface area contributed by atoms with E-state index in [1.54, 1.807) is 25.3 Å². The van der Waals surface area contributed by atoms with Gasteiger partial charge in [-0.1, -0.05) is 27.7 Å². The standard InChI is InChI=1S/C8H8BrNO2S/c1-5(8(11)12)13-7-4-6(9)2-3-10-7/h2-5H,1H3,(H,11,12). The number of thioether (sulfide) groups is 1. The van der Waals surface area contributed by atoms with Crippen LogP contribution < -0.4 is 0 Å². The molecule has 0 fully saturated rings. The van der Waals surface area contributed by atoms with E-state index >= 15 is 0 Å². The van der Waals surface area contributed by atoms with Crippen molar-refractivity contribution < 1.29 is 9.90 Å². The number of pyridine rings is 1. The molecule has 0 aromatic carbocycles. The van der Waals surface area contributed by atoms with Gasteiger partial charge in [0.25, 0.3) is 0 Å². The molecule has 1 atom stereocenters. The van der Waals surface area contributed by atoms with Crippen molar-refractivity contribution in [1.82, 2.24) is 4.98 Å². The van der Waals surface area contributed by atoms with E-state index in [1.165, 1.54) is 11.8 Å². The Labute approximate surface area is 88.7 Å². The molecule has 0 aliphatic carbocycles. The van der Waals surface area contributed by atoms with Gasteiger partial charge in [0.05, 0.1) is 5.03 Å². The zero-order valence-electron chi connectivity index (χ0n) is 6.90. The molecule has 5 heteroatoms. The first-order valence-electron chi connectivity index (χ1n) is 3.60. The van der Waals surface area contributed by atoms with Crippen molar-refractivity contribution in [1.29, 1.82) is 0 Å². The van der Waals surface area contributed by atoms with Crippen molar-refractivity contribution in [2.45, 2.75) is 17.2 Å². The van der Waals surface area contributed by atoms with Gasteiger partial charge in [-0.05, 0) is 19.1 Å². The largest absolute Gasteiger partial charge is 0.480 e. The number of carbonyl (C=O) groups is 1. The van der Waals surface area contributed by atoms with Crippen molar-refractivity contribution >= 4 is 33.7 Å². The predicted molar refractivity (Wildman–Crippen MR) is 54.9 cm³/mol. The summed E-state index contributed by atoms with van der Waals surface area (Å²) in [6.07, 6.45) is 1.64. The predicted octanol–water partition coefficient (Wildman–Crippen LogP) is 2.41. The monoisotopic (exact) mass is 261 g/mol. The van der Waals surface area contributed by atoms with Gasteiger partial charge < -0.3 is 5.11 Å². The van der Waals surface area contributed by atoms with Crippen molar-refractivity contribution in [2.75, 3.05) is 0 Å². The van der Waals surface area contributed by atoms with E-state index in [9.17, 15) is 4.79 Å². The maximum absolute atomic E-state index is 10.5. The molecule has 70 valence electrons. The Morgan fingerprint density at radius 1 is 1.77 bits per heavy atom. The summed E-state index contributed by atoms with van der Waals surface area (Å²) in [4.78, 5) is 14.6. The quantitative estimate of drug-likeness (QED) is 0.850. The molecule has 1 N–H and O–H groups in total. The minimum atomic E-state index is -0.827. The second kappa shape index (κ2) is 4.62. The molecule has 0 radical (unpaired) electrons. The van der Waals surface area contributed by atoms with Gasteiger partial charge in [0.2, 0.25) is 0 Å². The van der Waals surface area contributed by atoms with E-state index in [4.69, 9.17) is 5.11 Å². The van der Waals surface area contributed by atoms with Gasteiger partial charge in [0.15, 0.2) is 0 Å². The zero-order chi connectivity index (χ0) is 9.84. The molecule has 1 heterocycles. The molecule has 1 aromatic heterocycles. The third-order valence-corrected chi connectivity index (χ3v) is 2.86. The molecule has 13 heavy (non-hydrogen) atoms. The number of hydrogen-bond donors (Lipinski definition) is 1. The molecule has 0 bridgehead atoms. The number of carboxylic acids is 1. The number of rotatable bonds is 3. The Bertz CT molecular complexity index is 319. The van der Waals surface area contributed by atoms with Crippen LogP contribution in [0.1, 0.15) is 6.92 Å². The van der Waals surface area contributed by atoms with E-state index in [2.05, 4.69) is 20.9 Å². The summed E-state index contributed by atoms with van der Waals surface area (Å²) < 4.78 is 0.905. The molecule has 1 aromatic rings. The number of nitrogens with zero attached hydrogens (tertiary/aromatic N) is 1. The fourth-order valence-corrected chi connectivity index (χ4v) is 1.95. The fourth-order valence-electron chi connectivity index (χ4n) is 0.681. The molecular weight excluding hydrogens is 254 g/mol. The van der Waals surface area contributed by atoms with Crippen LogP contribution in [-0.2, 0) is 4.79 Å². The molecular formula is C8H8BrNO2S. The Hall–Kier alpha value is -0.550. The lowest BCUT2D eigenvalue weighted by Gasteiger charge is -2.04. The highest BCUT2D eigenvalue weighted by Crippen LogP contribution is 2.23. The lowest BCUT2D eigenvalue weighted by atomic mass is 10.5. The summed E-state index contributed by atoms with van der Waals surface area (Å²) in [5.74, 6) is -0.827. The molecule has 0 saturated carbocycles. The Morgan fingerprint density at radius 3 is 3.00 bits per heavy atom. The smallest absolute Gasteiger partial charge is 0.316 e. The van der Waals surface area contributed by atoms with Crippen LogP contribution in [0.5, 0.6) is 0 Å². The van der Waals surface area contributed by atoms with Crippen molar-refractivity contribution in [3.63, 3.8) is 0 Å². The Balaban J connectivity index is 2.69. The molecule has 0 aliphatic rings. The molecule has 1 unspecified atom stereocenters.